The summed E-state index contributed by atoms with van der Waals surface area (Å²) < 4.78 is 31.5. The van der Waals surface area contributed by atoms with Gasteiger partial charge in [-0.05, 0) is 37.1 Å². The average molecular weight is 287 g/mol. The van der Waals surface area contributed by atoms with E-state index in [2.05, 4.69) is 12.6 Å². The molecular weight excluding hydrogens is 270 g/mol. The second-order valence-electron chi connectivity index (χ2n) is 4.27. The predicted molar refractivity (Wildman–Crippen MR) is 73.8 cm³/mol. The van der Waals surface area contributed by atoms with Gasteiger partial charge in [0.2, 0.25) is 10.0 Å². The molecule has 1 aliphatic rings. The van der Waals surface area contributed by atoms with E-state index in [4.69, 9.17) is 4.74 Å². The highest BCUT2D eigenvalue weighted by atomic mass is 32.2. The van der Waals surface area contributed by atoms with E-state index in [0.29, 0.717) is 22.9 Å². The molecule has 1 atom stereocenters. The summed E-state index contributed by atoms with van der Waals surface area (Å²) in [6.07, 6.45) is 1.79. The maximum atomic E-state index is 12.5. The first-order valence-electron chi connectivity index (χ1n) is 5.86. The molecule has 1 aliphatic heterocycles. The smallest absolute Gasteiger partial charge is 0.243 e. The van der Waals surface area contributed by atoms with E-state index in [1.807, 2.05) is 0 Å². The Labute approximate surface area is 113 Å². The van der Waals surface area contributed by atoms with Crippen molar-refractivity contribution in [1.29, 1.82) is 0 Å². The number of ether oxygens (including phenoxy) is 1. The molecule has 0 radical (unpaired) electrons. The maximum Gasteiger partial charge on any atom is 0.243 e. The zero-order valence-electron chi connectivity index (χ0n) is 10.2. The number of hydrogen-bond donors (Lipinski definition) is 1. The van der Waals surface area contributed by atoms with Crippen LogP contribution in [-0.4, -0.2) is 38.2 Å². The van der Waals surface area contributed by atoms with Gasteiger partial charge in [0.15, 0.2) is 0 Å². The van der Waals surface area contributed by atoms with E-state index >= 15 is 0 Å². The summed E-state index contributed by atoms with van der Waals surface area (Å²) >= 11 is 4.22. The number of benzene rings is 1. The minimum atomic E-state index is -3.40. The molecule has 0 aliphatic carbocycles. The summed E-state index contributed by atoms with van der Waals surface area (Å²) in [5.74, 6) is 1.22. The normalized spacial score (nSPS) is 21.1. The molecule has 0 bridgehead atoms. The monoisotopic (exact) mass is 287 g/mol. The van der Waals surface area contributed by atoms with Crippen LogP contribution in [0.2, 0.25) is 0 Å². The van der Waals surface area contributed by atoms with Gasteiger partial charge in [0.25, 0.3) is 0 Å². The van der Waals surface area contributed by atoms with Gasteiger partial charge in [-0.25, -0.2) is 8.42 Å². The van der Waals surface area contributed by atoms with Crippen molar-refractivity contribution in [3.05, 3.63) is 24.3 Å². The van der Waals surface area contributed by atoms with Crippen molar-refractivity contribution in [1.82, 2.24) is 4.31 Å². The summed E-state index contributed by atoms with van der Waals surface area (Å²) in [6.45, 7) is 0.583. The summed E-state index contributed by atoms with van der Waals surface area (Å²) in [7, 11) is -1.84. The van der Waals surface area contributed by atoms with Gasteiger partial charge >= 0.3 is 0 Å². The first kappa shape index (κ1) is 13.7. The molecule has 2 rings (SSSR count). The second kappa shape index (κ2) is 5.50. The highest BCUT2D eigenvalue weighted by molar-refractivity contribution is 7.89. The van der Waals surface area contributed by atoms with Gasteiger partial charge in [-0.15, -0.1) is 0 Å². The SMILES string of the molecule is COc1ccc(S(=O)(=O)N2CCCC2CS)cc1. The molecule has 6 heteroatoms. The number of sulfonamides is 1. The average Bonchev–Trinajstić information content (AvgIpc) is 2.88. The third-order valence-corrected chi connectivity index (χ3v) is 5.59. The largest absolute Gasteiger partial charge is 0.497 e. The van der Waals surface area contributed by atoms with Crippen molar-refractivity contribution in [2.75, 3.05) is 19.4 Å². The van der Waals surface area contributed by atoms with Crippen LogP contribution in [0.3, 0.4) is 0 Å². The first-order chi connectivity index (χ1) is 8.59. The lowest BCUT2D eigenvalue weighted by Crippen LogP contribution is -2.36. The summed E-state index contributed by atoms with van der Waals surface area (Å²) in [6, 6.07) is 6.52. The van der Waals surface area contributed by atoms with Crippen LogP contribution in [0.1, 0.15) is 12.8 Å². The van der Waals surface area contributed by atoms with Gasteiger partial charge in [-0.3, -0.25) is 0 Å². The standard InChI is InChI=1S/C12H17NO3S2/c1-16-11-4-6-12(7-5-11)18(14,15)13-8-2-3-10(13)9-17/h4-7,10,17H,2-3,8-9H2,1H3. The van der Waals surface area contributed by atoms with Gasteiger partial charge in [0.1, 0.15) is 5.75 Å². The summed E-state index contributed by atoms with van der Waals surface area (Å²) in [4.78, 5) is 0.317. The molecule has 1 unspecified atom stereocenters. The fourth-order valence-electron chi connectivity index (χ4n) is 2.19. The molecule has 4 nitrogen and oxygen atoms in total. The van der Waals surface area contributed by atoms with Crippen LogP contribution in [0.25, 0.3) is 0 Å². The lowest BCUT2D eigenvalue weighted by Gasteiger charge is -2.22. The number of methoxy groups -OCH3 is 1. The number of rotatable bonds is 4. The van der Waals surface area contributed by atoms with E-state index in [9.17, 15) is 8.42 Å². The molecule has 1 aromatic carbocycles. The molecule has 18 heavy (non-hydrogen) atoms. The van der Waals surface area contributed by atoms with Crippen LogP contribution in [0.5, 0.6) is 5.75 Å². The van der Waals surface area contributed by atoms with Gasteiger partial charge in [-0.2, -0.15) is 16.9 Å². The van der Waals surface area contributed by atoms with Gasteiger partial charge in [-0.1, -0.05) is 0 Å². The van der Waals surface area contributed by atoms with Crippen LogP contribution < -0.4 is 4.74 Å². The number of hydrogen-bond acceptors (Lipinski definition) is 4. The molecule has 1 heterocycles. The Balaban J connectivity index is 2.29. The van der Waals surface area contributed by atoms with Gasteiger partial charge < -0.3 is 4.74 Å². The summed E-state index contributed by atoms with van der Waals surface area (Å²) in [5.41, 5.74) is 0. The minimum Gasteiger partial charge on any atom is -0.497 e. The Morgan fingerprint density at radius 1 is 1.39 bits per heavy atom. The van der Waals surface area contributed by atoms with Crippen LogP contribution in [0, 0.1) is 0 Å². The molecule has 0 amide bonds. The zero-order valence-corrected chi connectivity index (χ0v) is 12.0. The Hall–Kier alpha value is -0.720. The van der Waals surface area contributed by atoms with Crippen molar-refractivity contribution in [3.8, 4) is 5.75 Å². The first-order valence-corrected chi connectivity index (χ1v) is 7.93. The summed E-state index contributed by atoms with van der Waals surface area (Å²) in [5, 5.41) is 0. The van der Waals surface area contributed by atoms with E-state index in [1.165, 1.54) is 0 Å². The van der Waals surface area contributed by atoms with Crippen molar-refractivity contribution < 1.29 is 13.2 Å². The van der Waals surface area contributed by atoms with Crippen LogP contribution in [-0.2, 0) is 10.0 Å². The Morgan fingerprint density at radius 2 is 2.06 bits per heavy atom. The van der Waals surface area contributed by atoms with Gasteiger partial charge in [0.05, 0.1) is 12.0 Å². The molecule has 0 N–H and O–H groups in total. The maximum absolute atomic E-state index is 12.5. The van der Waals surface area contributed by atoms with Crippen LogP contribution in [0.4, 0.5) is 0 Å². The van der Waals surface area contributed by atoms with Crippen molar-refractivity contribution in [2.24, 2.45) is 0 Å². The van der Waals surface area contributed by atoms with Crippen LogP contribution in [0.15, 0.2) is 29.2 Å². The van der Waals surface area contributed by atoms with Crippen LogP contribution >= 0.6 is 12.6 Å². The second-order valence-corrected chi connectivity index (χ2v) is 6.53. The molecule has 0 spiro atoms. The molecule has 0 saturated carbocycles. The van der Waals surface area contributed by atoms with Crippen molar-refractivity contribution in [2.45, 2.75) is 23.8 Å². The van der Waals surface area contributed by atoms with E-state index in [1.54, 1.807) is 35.7 Å². The molecule has 1 aromatic rings. The lowest BCUT2D eigenvalue weighted by atomic mass is 10.3. The predicted octanol–water partition coefficient (Wildman–Crippen LogP) is 1.78. The van der Waals surface area contributed by atoms with Crippen molar-refractivity contribution >= 4 is 22.7 Å². The van der Waals surface area contributed by atoms with E-state index in [-0.39, 0.29) is 6.04 Å². The molecule has 1 fully saturated rings. The van der Waals surface area contributed by atoms with E-state index < -0.39 is 10.0 Å². The van der Waals surface area contributed by atoms with Gasteiger partial charge in [0, 0.05) is 18.3 Å². The Bertz CT molecular complexity index is 499. The minimum absolute atomic E-state index is 0.0143. The van der Waals surface area contributed by atoms with E-state index in [0.717, 1.165) is 12.8 Å². The lowest BCUT2D eigenvalue weighted by molar-refractivity contribution is 0.410. The molecule has 0 aromatic heterocycles. The Morgan fingerprint density at radius 3 is 2.61 bits per heavy atom. The molecular formula is C12H17NO3S2. The topological polar surface area (TPSA) is 46.6 Å². The highest BCUT2D eigenvalue weighted by Gasteiger charge is 2.34. The quantitative estimate of drug-likeness (QED) is 0.859. The molecule has 1 saturated heterocycles. The third-order valence-electron chi connectivity index (χ3n) is 3.20. The van der Waals surface area contributed by atoms with Crippen molar-refractivity contribution in [3.63, 3.8) is 0 Å². The number of thiol groups is 1. The number of nitrogens with zero attached hydrogens (tertiary/aromatic N) is 1. The molecule has 100 valence electrons. The highest BCUT2D eigenvalue weighted by Crippen LogP contribution is 2.27. The fraction of sp³-hybridized carbons (Fsp3) is 0.500. The third kappa shape index (κ3) is 2.50. The Kier molecular flexibility index (Phi) is 4.19. The zero-order chi connectivity index (χ0) is 13.2. The fourth-order valence-corrected chi connectivity index (χ4v) is 4.37.